The highest BCUT2D eigenvalue weighted by Gasteiger charge is 2.20. The number of carboxylic acids is 1. The van der Waals surface area contributed by atoms with E-state index >= 15 is 0 Å². The number of ether oxygens (including phenoxy) is 1. The van der Waals surface area contributed by atoms with E-state index in [4.69, 9.17) is 21.4 Å². The van der Waals surface area contributed by atoms with Gasteiger partial charge in [0.2, 0.25) is 0 Å². The first kappa shape index (κ1) is 12.5. The van der Waals surface area contributed by atoms with Crippen molar-refractivity contribution in [3.05, 3.63) is 23.0 Å². The zero-order valence-electron chi connectivity index (χ0n) is 9.56. The van der Waals surface area contributed by atoms with Gasteiger partial charge in [0.25, 0.3) is 0 Å². The number of aryl methyl sites for hydroxylation is 1. The number of carbonyl (C=O) groups is 1. The Hall–Kier alpha value is -1.00. The number of hydrogen-bond acceptors (Lipinski definition) is 2. The Balaban J connectivity index is 1.74. The molecule has 1 aromatic heterocycles. The van der Waals surface area contributed by atoms with Crippen LogP contribution in [0.3, 0.4) is 0 Å². The van der Waals surface area contributed by atoms with Crippen LogP contribution in [0, 0.1) is 5.92 Å². The molecule has 0 spiro atoms. The first-order valence-electron chi connectivity index (χ1n) is 5.83. The van der Waals surface area contributed by atoms with Crippen LogP contribution in [-0.4, -0.2) is 28.9 Å². The molecule has 0 atom stereocenters. The lowest BCUT2D eigenvalue weighted by atomic mass is 10.4. The average Bonchev–Trinajstić information content (AvgIpc) is 3.01. The Morgan fingerprint density at radius 3 is 3.00 bits per heavy atom. The van der Waals surface area contributed by atoms with E-state index in [0.717, 1.165) is 18.9 Å². The monoisotopic (exact) mass is 257 g/mol. The summed E-state index contributed by atoms with van der Waals surface area (Å²) in [6.07, 6.45) is 5.02. The third-order valence-electron chi connectivity index (χ3n) is 2.82. The number of halogens is 1. The van der Waals surface area contributed by atoms with Crippen LogP contribution >= 0.6 is 11.6 Å². The van der Waals surface area contributed by atoms with Crippen molar-refractivity contribution in [2.45, 2.75) is 25.8 Å². The SMILES string of the molecule is O=C(O)c1cc(Cl)cn1CCCOCC1CC1. The highest BCUT2D eigenvalue weighted by molar-refractivity contribution is 6.30. The van der Waals surface area contributed by atoms with Crippen LogP contribution in [0.5, 0.6) is 0 Å². The Kier molecular flexibility index (Phi) is 4.07. The molecule has 17 heavy (non-hydrogen) atoms. The molecular weight excluding hydrogens is 242 g/mol. The summed E-state index contributed by atoms with van der Waals surface area (Å²) in [7, 11) is 0. The standard InChI is InChI=1S/C12H16ClNO3/c13-10-6-11(12(15)16)14(7-10)4-1-5-17-8-9-2-3-9/h6-7,9H,1-5,8H2,(H,15,16). The summed E-state index contributed by atoms with van der Waals surface area (Å²) < 4.78 is 7.15. The van der Waals surface area contributed by atoms with Gasteiger partial charge in [-0.1, -0.05) is 11.6 Å². The molecule has 1 aliphatic carbocycles. The summed E-state index contributed by atoms with van der Waals surface area (Å²) in [5, 5.41) is 9.41. The van der Waals surface area contributed by atoms with Gasteiger partial charge in [0.15, 0.2) is 0 Å². The fourth-order valence-electron chi connectivity index (χ4n) is 1.71. The first-order chi connectivity index (χ1) is 8.16. The number of rotatable bonds is 7. The molecule has 94 valence electrons. The van der Waals surface area contributed by atoms with Gasteiger partial charge in [0, 0.05) is 26.0 Å². The van der Waals surface area contributed by atoms with Gasteiger partial charge < -0.3 is 14.4 Å². The van der Waals surface area contributed by atoms with Crippen molar-refractivity contribution in [2.24, 2.45) is 5.92 Å². The van der Waals surface area contributed by atoms with Crippen molar-refractivity contribution in [3.63, 3.8) is 0 Å². The molecule has 1 fully saturated rings. The van der Waals surface area contributed by atoms with Crippen molar-refractivity contribution in [3.8, 4) is 0 Å². The normalized spacial score (nSPS) is 15.1. The molecule has 1 aliphatic rings. The van der Waals surface area contributed by atoms with Crippen LogP contribution in [0.15, 0.2) is 12.3 Å². The molecule has 4 nitrogen and oxygen atoms in total. The average molecular weight is 258 g/mol. The fraction of sp³-hybridized carbons (Fsp3) is 0.583. The predicted octanol–water partition coefficient (Wildman–Crippen LogP) is 2.66. The van der Waals surface area contributed by atoms with Crippen molar-refractivity contribution in [2.75, 3.05) is 13.2 Å². The minimum absolute atomic E-state index is 0.234. The molecule has 2 rings (SSSR count). The third kappa shape index (κ3) is 3.75. The smallest absolute Gasteiger partial charge is 0.352 e. The fourth-order valence-corrected chi connectivity index (χ4v) is 1.93. The number of aromatic nitrogens is 1. The number of carboxylic acid groups (broad SMARTS) is 1. The van der Waals surface area contributed by atoms with Gasteiger partial charge >= 0.3 is 5.97 Å². The quantitative estimate of drug-likeness (QED) is 0.764. The third-order valence-corrected chi connectivity index (χ3v) is 3.03. The molecule has 0 radical (unpaired) electrons. The van der Waals surface area contributed by atoms with Crippen molar-refractivity contribution < 1.29 is 14.6 Å². The van der Waals surface area contributed by atoms with Gasteiger partial charge in [-0.15, -0.1) is 0 Å². The second-order valence-electron chi connectivity index (χ2n) is 4.41. The molecule has 0 saturated heterocycles. The van der Waals surface area contributed by atoms with Crippen LogP contribution in [0.1, 0.15) is 29.8 Å². The van der Waals surface area contributed by atoms with Crippen LogP contribution < -0.4 is 0 Å². The Morgan fingerprint density at radius 1 is 1.59 bits per heavy atom. The lowest BCUT2D eigenvalue weighted by Gasteiger charge is -2.06. The molecule has 1 saturated carbocycles. The summed E-state index contributed by atoms with van der Waals surface area (Å²) in [6, 6.07) is 1.47. The molecule has 1 heterocycles. The number of nitrogens with zero attached hydrogens (tertiary/aromatic N) is 1. The van der Waals surface area contributed by atoms with Gasteiger partial charge in [0.1, 0.15) is 5.69 Å². The zero-order valence-corrected chi connectivity index (χ0v) is 10.3. The summed E-state index contributed by atoms with van der Waals surface area (Å²) in [6.45, 7) is 2.14. The summed E-state index contributed by atoms with van der Waals surface area (Å²) in [5.74, 6) is -0.179. The van der Waals surface area contributed by atoms with Crippen molar-refractivity contribution >= 4 is 17.6 Å². The highest BCUT2D eigenvalue weighted by atomic mass is 35.5. The van der Waals surface area contributed by atoms with Gasteiger partial charge in [-0.3, -0.25) is 0 Å². The summed E-state index contributed by atoms with van der Waals surface area (Å²) in [4.78, 5) is 10.9. The summed E-state index contributed by atoms with van der Waals surface area (Å²) in [5.41, 5.74) is 0.234. The molecule has 1 aromatic rings. The first-order valence-corrected chi connectivity index (χ1v) is 6.21. The number of aromatic carboxylic acids is 1. The van der Waals surface area contributed by atoms with E-state index in [2.05, 4.69) is 0 Å². The second-order valence-corrected chi connectivity index (χ2v) is 4.85. The van der Waals surface area contributed by atoms with E-state index in [-0.39, 0.29) is 5.69 Å². The summed E-state index contributed by atoms with van der Waals surface area (Å²) >= 11 is 5.78. The van der Waals surface area contributed by atoms with Crippen LogP contribution in [0.25, 0.3) is 0 Å². The highest BCUT2D eigenvalue weighted by Crippen LogP contribution is 2.28. The van der Waals surface area contributed by atoms with Crippen LogP contribution in [0.2, 0.25) is 5.02 Å². The topological polar surface area (TPSA) is 51.5 Å². The molecule has 0 aromatic carbocycles. The maximum absolute atomic E-state index is 10.9. The largest absolute Gasteiger partial charge is 0.477 e. The molecule has 0 aliphatic heterocycles. The minimum atomic E-state index is -0.948. The van der Waals surface area contributed by atoms with Gasteiger partial charge in [0.05, 0.1) is 5.02 Å². The molecule has 0 amide bonds. The predicted molar refractivity (Wildman–Crippen MR) is 64.6 cm³/mol. The van der Waals surface area contributed by atoms with E-state index < -0.39 is 5.97 Å². The molecule has 5 heteroatoms. The lowest BCUT2D eigenvalue weighted by molar-refractivity contribution is 0.0683. The van der Waals surface area contributed by atoms with E-state index in [1.165, 1.54) is 18.9 Å². The van der Waals surface area contributed by atoms with E-state index in [1.54, 1.807) is 10.8 Å². The Labute approximate surface area is 105 Å². The molecule has 0 bridgehead atoms. The van der Waals surface area contributed by atoms with Crippen molar-refractivity contribution in [1.29, 1.82) is 0 Å². The maximum Gasteiger partial charge on any atom is 0.352 e. The minimum Gasteiger partial charge on any atom is -0.477 e. The van der Waals surface area contributed by atoms with E-state index in [0.29, 0.717) is 18.2 Å². The second kappa shape index (κ2) is 5.56. The zero-order chi connectivity index (χ0) is 12.3. The maximum atomic E-state index is 10.9. The van der Waals surface area contributed by atoms with Gasteiger partial charge in [-0.25, -0.2) is 4.79 Å². The van der Waals surface area contributed by atoms with Gasteiger partial charge in [-0.05, 0) is 31.2 Å². The Morgan fingerprint density at radius 2 is 2.35 bits per heavy atom. The van der Waals surface area contributed by atoms with E-state index in [9.17, 15) is 4.79 Å². The van der Waals surface area contributed by atoms with Gasteiger partial charge in [-0.2, -0.15) is 0 Å². The molecular formula is C12H16ClNO3. The van der Waals surface area contributed by atoms with E-state index in [1.807, 2.05) is 0 Å². The van der Waals surface area contributed by atoms with Crippen LogP contribution in [0.4, 0.5) is 0 Å². The number of hydrogen-bond donors (Lipinski definition) is 1. The lowest BCUT2D eigenvalue weighted by Crippen LogP contribution is -2.09. The Bertz CT molecular complexity index is 398. The molecule has 1 N–H and O–H groups in total. The molecule has 0 unspecified atom stereocenters. The van der Waals surface area contributed by atoms with Crippen LogP contribution in [-0.2, 0) is 11.3 Å². The van der Waals surface area contributed by atoms with Crippen molar-refractivity contribution in [1.82, 2.24) is 4.57 Å².